The summed E-state index contributed by atoms with van der Waals surface area (Å²) in [6.07, 6.45) is 3.54. The van der Waals surface area contributed by atoms with Crippen molar-refractivity contribution in [3.63, 3.8) is 0 Å². The Hall–Kier alpha value is -1.88. The van der Waals surface area contributed by atoms with E-state index in [9.17, 15) is 14.7 Å². The Morgan fingerprint density at radius 2 is 2.12 bits per heavy atom. The third kappa shape index (κ3) is 3.46. The van der Waals surface area contributed by atoms with Gasteiger partial charge < -0.3 is 15.3 Å². The van der Waals surface area contributed by atoms with Crippen LogP contribution in [-0.2, 0) is 16.0 Å². The van der Waals surface area contributed by atoms with Gasteiger partial charge >= 0.3 is 0 Å². The molecule has 2 amide bonds. The van der Waals surface area contributed by atoms with Crippen molar-refractivity contribution in [2.24, 2.45) is 5.41 Å². The first-order valence-electron chi connectivity index (χ1n) is 8.90. The van der Waals surface area contributed by atoms with Gasteiger partial charge in [-0.05, 0) is 37.7 Å². The van der Waals surface area contributed by atoms with E-state index < -0.39 is 11.5 Å². The van der Waals surface area contributed by atoms with Crippen LogP contribution in [0.25, 0.3) is 0 Å². The average molecular weight is 330 g/mol. The molecule has 5 heteroatoms. The van der Waals surface area contributed by atoms with Crippen LogP contribution in [0, 0.1) is 5.41 Å². The lowest BCUT2D eigenvalue weighted by atomic mass is 9.71. The lowest BCUT2D eigenvalue weighted by Crippen LogP contribution is -2.62. The summed E-state index contributed by atoms with van der Waals surface area (Å²) in [6, 6.07) is 10.2. The summed E-state index contributed by atoms with van der Waals surface area (Å²) < 4.78 is 0. The van der Waals surface area contributed by atoms with Gasteiger partial charge in [-0.15, -0.1) is 0 Å². The minimum Gasteiger partial charge on any atom is -0.392 e. The predicted molar refractivity (Wildman–Crippen MR) is 91.3 cm³/mol. The molecule has 3 rings (SSSR count). The summed E-state index contributed by atoms with van der Waals surface area (Å²) in [7, 11) is 0. The zero-order chi connectivity index (χ0) is 17.0. The maximum absolute atomic E-state index is 12.5. The Labute approximate surface area is 143 Å². The number of likely N-dealkylation sites (tertiary alicyclic amines) is 1. The van der Waals surface area contributed by atoms with Crippen molar-refractivity contribution in [2.75, 3.05) is 19.6 Å². The van der Waals surface area contributed by atoms with Gasteiger partial charge in [0.1, 0.15) is 0 Å². The molecule has 2 atom stereocenters. The third-order valence-electron chi connectivity index (χ3n) is 5.37. The number of benzene rings is 1. The number of nitrogens with zero attached hydrogens (tertiary/aromatic N) is 1. The van der Waals surface area contributed by atoms with E-state index in [4.69, 9.17) is 0 Å². The van der Waals surface area contributed by atoms with E-state index in [0.717, 1.165) is 19.3 Å². The number of amides is 2. The van der Waals surface area contributed by atoms with E-state index in [0.29, 0.717) is 38.9 Å². The molecule has 2 N–H and O–H groups in total. The van der Waals surface area contributed by atoms with Crippen molar-refractivity contribution in [1.29, 1.82) is 0 Å². The Morgan fingerprint density at radius 3 is 2.88 bits per heavy atom. The van der Waals surface area contributed by atoms with Crippen LogP contribution in [0.15, 0.2) is 30.3 Å². The standard InChI is InChI=1S/C19H26N2O3/c22-16-10-13-21(14-19(16)11-5-12-20-18(19)24)17(23)9-4-8-15-6-2-1-3-7-15/h1-3,6-7,16,22H,4-5,8-14H2,(H,20,24)/t16-,19-/m1/s1. The van der Waals surface area contributed by atoms with Crippen LogP contribution < -0.4 is 5.32 Å². The molecule has 1 aromatic rings. The fourth-order valence-corrected chi connectivity index (χ4v) is 3.90. The number of rotatable bonds is 4. The molecule has 1 aromatic carbocycles. The zero-order valence-electron chi connectivity index (χ0n) is 14.0. The van der Waals surface area contributed by atoms with Gasteiger partial charge in [-0.3, -0.25) is 9.59 Å². The molecule has 2 aliphatic rings. The first kappa shape index (κ1) is 17.0. The largest absolute Gasteiger partial charge is 0.392 e. The van der Waals surface area contributed by atoms with Gasteiger partial charge in [0.15, 0.2) is 0 Å². The molecule has 0 radical (unpaired) electrons. The van der Waals surface area contributed by atoms with E-state index in [1.165, 1.54) is 5.56 Å². The highest BCUT2D eigenvalue weighted by Crippen LogP contribution is 2.37. The highest BCUT2D eigenvalue weighted by molar-refractivity contribution is 5.86. The Morgan fingerprint density at radius 1 is 1.33 bits per heavy atom. The molecule has 2 saturated heterocycles. The molecule has 5 nitrogen and oxygen atoms in total. The summed E-state index contributed by atoms with van der Waals surface area (Å²) in [5.74, 6) is -0.00128. The lowest BCUT2D eigenvalue weighted by Gasteiger charge is -2.46. The summed E-state index contributed by atoms with van der Waals surface area (Å²) in [5, 5.41) is 13.2. The van der Waals surface area contributed by atoms with Crippen LogP contribution in [0.5, 0.6) is 0 Å². The fourth-order valence-electron chi connectivity index (χ4n) is 3.90. The van der Waals surface area contributed by atoms with E-state index >= 15 is 0 Å². The molecule has 0 aliphatic carbocycles. The monoisotopic (exact) mass is 330 g/mol. The zero-order valence-corrected chi connectivity index (χ0v) is 14.0. The average Bonchev–Trinajstić information content (AvgIpc) is 2.60. The van der Waals surface area contributed by atoms with Crippen LogP contribution in [-0.4, -0.2) is 47.6 Å². The number of hydrogen-bond donors (Lipinski definition) is 2. The van der Waals surface area contributed by atoms with Crippen molar-refractivity contribution in [3.8, 4) is 0 Å². The fraction of sp³-hybridized carbons (Fsp3) is 0.579. The minimum atomic E-state index is -0.800. The van der Waals surface area contributed by atoms with Crippen molar-refractivity contribution in [2.45, 2.75) is 44.6 Å². The first-order chi connectivity index (χ1) is 11.6. The molecule has 0 saturated carbocycles. The van der Waals surface area contributed by atoms with Crippen LogP contribution in [0.2, 0.25) is 0 Å². The van der Waals surface area contributed by atoms with Gasteiger partial charge in [0, 0.05) is 26.1 Å². The Bertz CT molecular complexity index is 590. The second kappa shape index (κ2) is 7.34. The molecule has 2 aliphatic heterocycles. The number of carbonyl (C=O) groups excluding carboxylic acids is 2. The van der Waals surface area contributed by atoms with E-state index in [2.05, 4.69) is 17.4 Å². The number of aryl methyl sites for hydroxylation is 1. The summed E-state index contributed by atoms with van der Waals surface area (Å²) in [6.45, 7) is 1.56. The smallest absolute Gasteiger partial charge is 0.230 e. The minimum absolute atomic E-state index is 0.0931. The molecule has 0 unspecified atom stereocenters. The number of aliphatic hydroxyl groups is 1. The quantitative estimate of drug-likeness (QED) is 0.879. The van der Waals surface area contributed by atoms with Gasteiger partial charge in [-0.2, -0.15) is 0 Å². The predicted octanol–water partition coefficient (Wildman–Crippen LogP) is 1.50. The molecule has 0 bridgehead atoms. The number of hydrogen-bond acceptors (Lipinski definition) is 3. The Balaban J connectivity index is 1.56. The summed E-state index contributed by atoms with van der Waals surface area (Å²) >= 11 is 0. The van der Waals surface area contributed by atoms with Gasteiger partial charge in [-0.1, -0.05) is 30.3 Å². The SMILES string of the molecule is O=C(CCCc1ccccc1)N1CC[C@@H](O)[C@@]2(CCCNC2=O)C1. The topological polar surface area (TPSA) is 69.6 Å². The summed E-state index contributed by atoms with van der Waals surface area (Å²) in [4.78, 5) is 26.7. The third-order valence-corrected chi connectivity index (χ3v) is 5.37. The number of carbonyl (C=O) groups is 2. The lowest BCUT2D eigenvalue weighted by molar-refractivity contribution is -0.154. The van der Waals surface area contributed by atoms with Gasteiger partial charge in [0.2, 0.25) is 11.8 Å². The van der Waals surface area contributed by atoms with Crippen LogP contribution >= 0.6 is 0 Å². The molecule has 0 aromatic heterocycles. The van der Waals surface area contributed by atoms with Gasteiger partial charge in [0.25, 0.3) is 0 Å². The van der Waals surface area contributed by atoms with E-state index in [1.807, 2.05) is 18.2 Å². The molecular weight excluding hydrogens is 304 g/mol. The highest BCUT2D eigenvalue weighted by Gasteiger charge is 2.50. The van der Waals surface area contributed by atoms with Crippen molar-refractivity contribution in [1.82, 2.24) is 10.2 Å². The van der Waals surface area contributed by atoms with Crippen molar-refractivity contribution < 1.29 is 14.7 Å². The van der Waals surface area contributed by atoms with Crippen molar-refractivity contribution >= 4 is 11.8 Å². The Kier molecular flexibility index (Phi) is 5.19. The maximum atomic E-state index is 12.5. The maximum Gasteiger partial charge on any atom is 0.230 e. The molecule has 2 fully saturated rings. The second-order valence-electron chi connectivity index (χ2n) is 6.97. The normalized spacial score (nSPS) is 27.1. The molecule has 1 spiro atoms. The molecule has 130 valence electrons. The number of piperidine rings is 2. The van der Waals surface area contributed by atoms with Crippen LogP contribution in [0.4, 0.5) is 0 Å². The first-order valence-corrected chi connectivity index (χ1v) is 8.90. The van der Waals surface area contributed by atoms with E-state index in [-0.39, 0.29) is 11.8 Å². The summed E-state index contributed by atoms with van der Waals surface area (Å²) in [5.41, 5.74) is 0.438. The van der Waals surface area contributed by atoms with Gasteiger partial charge in [0.05, 0.1) is 11.5 Å². The van der Waals surface area contributed by atoms with Gasteiger partial charge in [-0.25, -0.2) is 0 Å². The van der Waals surface area contributed by atoms with Crippen LogP contribution in [0.3, 0.4) is 0 Å². The molecule has 2 heterocycles. The van der Waals surface area contributed by atoms with Crippen LogP contribution in [0.1, 0.15) is 37.7 Å². The molecular formula is C19H26N2O3. The van der Waals surface area contributed by atoms with E-state index in [1.54, 1.807) is 4.90 Å². The number of nitrogens with one attached hydrogen (secondary N) is 1. The van der Waals surface area contributed by atoms with Crippen molar-refractivity contribution in [3.05, 3.63) is 35.9 Å². The highest BCUT2D eigenvalue weighted by atomic mass is 16.3. The number of aliphatic hydroxyl groups excluding tert-OH is 1. The molecule has 24 heavy (non-hydrogen) atoms. The second-order valence-corrected chi connectivity index (χ2v) is 6.97.